The Kier molecular flexibility index (Phi) is 4.53. The molecule has 0 bridgehead atoms. The van der Waals surface area contributed by atoms with Crippen molar-refractivity contribution in [1.29, 1.82) is 0 Å². The minimum Gasteiger partial charge on any atom is -0.399 e. The summed E-state index contributed by atoms with van der Waals surface area (Å²) in [5, 5.41) is 9.12. The highest BCUT2D eigenvalue weighted by Gasteiger charge is 2.29. The molecular formula is C14H20N2O4S. The molecule has 6 nitrogen and oxygen atoms in total. The maximum Gasteiger partial charge on any atom is 0.254 e. The van der Waals surface area contributed by atoms with Gasteiger partial charge in [0.25, 0.3) is 5.91 Å². The van der Waals surface area contributed by atoms with Crippen LogP contribution in [0.4, 0.5) is 5.69 Å². The Morgan fingerprint density at radius 3 is 2.52 bits per heavy atom. The second-order valence-electron chi connectivity index (χ2n) is 5.37. The van der Waals surface area contributed by atoms with Crippen LogP contribution in [-0.4, -0.2) is 49.8 Å². The van der Waals surface area contributed by atoms with Gasteiger partial charge in [0, 0.05) is 30.1 Å². The average molecular weight is 312 g/mol. The smallest absolute Gasteiger partial charge is 0.254 e. The van der Waals surface area contributed by atoms with Crippen LogP contribution in [0.25, 0.3) is 0 Å². The van der Waals surface area contributed by atoms with Crippen molar-refractivity contribution in [3.63, 3.8) is 0 Å². The fourth-order valence-corrected chi connectivity index (χ4v) is 3.07. The lowest BCUT2D eigenvalue weighted by atomic mass is 9.91. The number of nitrogens with two attached hydrogens (primary N) is 1. The van der Waals surface area contributed by atoms with E-state index in [9.17, 15) is 13.2 Å². The lowest BCUT2D eigenvalue weighted by Crippen LogP contribution is -2.45. The zero-order chi connectivity index (χ0) is 15.6. The van der Waals surface area contributed by atoms with E-state index in [1.807, 2.05) is 0 Å². The van der Waals surface area contributed by atoms with Gasteiger partial charge in [0.2, 0.25) is 0 Å². The summed E-state index contributed by atoms with van der Waals surface area (Å²) in [7, 11) is -3.43. The molecule has 1 saturated carbocycles. The number of nitrogen functional groups attached to an aromatic ring is 1. The van der Waals surface area contributed by atoms with Gasteiger partial charge in [-0.2, -0.15) is 0 Å². The van der Waals surface area contributed by atoms with Gasteiger partial charge in [-0.3, -0.25) is 4.79 Å². The molecule has 0 aliphatic heterocycles. The van der Waals surface area contributed by atoms with Gasteiger partial charge in [0.15, 0.2) is 9.84 Å². The highest BCUT2D eigenvalue weighted by molar-refractivity contribution is 7.90. The van der Waals surface area contributed by atoms with E-state index in [0.29, 0.717) is 0 Å². The fraction of sp³-hybridized carbons (Fsp3) is 0.500. The molecular weight excluding hydrogens is 292 g/mol. The lowest BCUT2D eigenvalue weighted by Gasteiger charge is -2.37. The van der Waals surface area contributed by atoms with E-state index in [2.05, 4.69) is 0 Å². The number of carbonyl (C=O) groups is 1. The van der Waals surface area contributed by atoms with Crippen molar-refractivity contribution in [2.24, 2.45) is 0 Å². The van der Waals surface area contributed by atoms with E-state index >= 15 is 0 Å². The van der Waals surface area contributed by atoms with E-state index in [4.69, 9.17) is 10.8 Å². The highest BCUT2D eigenvalue weighted by Crippen LogP contribution is 2.27. The second kappa shape index (κ2) is 6.03. The van der Waals surface area contributed by atoms with Gasteiger partial charge >= 0.3 is 0 Å². The van der Waals surface area contributed by atoms with Crippen LogP contribution in [-0.2, 0) is 9.84 Å². The first kappa shape index (κ1) is 15.8. The van der Waals surface area contributed by atoms with Crippen molar-refractivity contribution in [3.8, 4) is 0 Å². The summed E-state index contributed by atoms with van der Waals surface area (Å²) >= 11 is 0. The monoisotopic (exact) mass is 312 g/mol. The number of sulfone groups is 1. The van der Waals surface area contributed by atoms with Crippen LogP contribution in [0, 0.1) is 0 Å². The molecule has 0 radical (unpaired) electrons. The zero-order valence-electron chi connectivity index (χ0n) is 11.9. The van der Waals surface area contributed by atoms with Gasteiger partial charge in [-0.25, -0.2) is 8.42 Å². The third-order valence-electron chi connectivity index (χ3n) is 3.72. The summed E-state index contributed by atoms with van der Waals surface area (Å²) < 4.78 is 23.3. The van der Waals surface area contributed by atoms with Gasteiger partial charge in [0.1, 0.15) is 0 Å². The first-order valence-corrected chi connectivity index (χ1v) is 8.74. The number of nitrogens with zero attached hydrogens (tertiary/aromatic N) is 1. The highest BCUT2D eigenvalue weighted by atomic mass is 32.2. The largest absolute Gasteiger partial charge is 0.399 e. The van der Waals surface area contributed by atoms with E-state index in [1.54, 1.807) is 4.90 Å². The maximum atomic E-state index is 12.6. The molecule has 1 aliphatic rings. The Morgan fingerprint density at radius 2 is 2.05 bits per heavy atom. The summed E-state index contributed by atoms with van der Waals surface area (Å²) in [6.07, 6.45) is 3.96. The molecule has 0 saturated heterocycles. The number of hydrogen-bond donors (Lipinski definition) is 2. The molecule has 2 rings (SSSR count). The molecule has 1 aliphatic carbocycles. The standard InChI is InChI=1S/C14H20N2O4S/c1-21(19,20)13-8-10(7-11(15)9-13)14(18)16(5-6-17)12-3-2-4-12/h7-9,12,17H,2-6,15H2,1H3. The van der Waals surface area contributed by atoms with Crippen LogP contribution in [0.2, 0.25) is 0 Å². The second-order valence-corrected chi connectivity index (χ2v) is 7.39. The normalized spacial score (nSPS) is 15.5. The SMILES string of the molecule is CS(=O)(=O)c1cc(N)cc(C(=O)N(CCO)C2CCC2)c1. The maximum absolute atomic E-state index is 12.6. The lowest BCUT2D eigenvalue weighted by molar-refractivity contribution is 0.0525. The molecule has 0 spiro atoms. The molecule has 0 unspecified atom stereocenters. The number of anilines is 1. The number of carbonyl (C=O) groups excluding carboxylic acids is 1. The number of benzene rings is 1. The average Bonchev–Trinajstić information content (AvgIpc) is 2.33. The van der Waals surface area contributed by atoms with Gasteiger partial charge in [0.05, 0.1) is 11.5 Å². The third-order valence-corrected chi connectivity index (χ3v) is 4.81. The Morgan fingerprint density at radius 1 is 1.38 bits per heavy atom. The molecule has 1 aromatic rings. The molecule has 0 aromatic heterocycles. The Hall–Kier alpha value is -1.60. The topological polar surface area (TPSA) is 101 Å². The molecule has 3 N–H and O–H groups in total. The Labute approximate surface area is 124 Å². The van der Waals surface area contributed by atoms with Crippen LogP contribution in [0.15, 0.2) is 23.1 Å². The number of aliphatic hydroxyl groups excluding tert-OH is 1. The Balaban J connectivity index is 2.35. The summed E-state index contributed by atoms with van der Waals surface area (Å²) in [5.74, 6) is -0.286. The predicted molar refractivity (Wildman–Crippen MR) is 79.7 cm³/mol. The van der Waals surface area contributed by atoms with Crippen LogP contribution in [0.1, 0.15) is 29.6 Å². The molecule has 21 heavy (non-hydrogen) atoms. The third kappa shape index (κ3) is 3.54. The van der Waals surface area contributed by atoms with E-state index in [1.165, 1.54) is 18.2 Å². The molecule has 1 aromatic carbocycles. The summed E-state index contributed by atoms with van der Waals surface area (Å²) in [4.78, 5) is 14.2. The number of hydrogen-bond acceptors (Lipinski definition) is 5. The molecule has 1 amide bonds. The van der Waals surface area contributed by atoms with Crippen molar-refractivity contribution >= 4 is 21.4 Å². The first-order chi connectivity index (χ1) is 9.82. The zero-order valence-corrected chi connectivity index (χ0v) is 12.8. The van der Waals surface area contributed by atoms with Crippen LogP contribution in [0.5, 0.6) is 0 Å². The van der Waals surface area contributed by atoms with Crippen LogP contribution in [0.3, 0.4) is 0 Å². The van der Waals surface area contributed by atoms with E-state index in [-0.39, 0.29) is 41.2 Å². The summed E-state index contributed by atoms with van der Waals surface area (Å²) in [6.45, 7) is 0.121. The van der Waals surface area contributed by atoms with Crippen molar-refractivity contribution in [3.05, 3.63) is 23.8 Å². The van der Waals surface area contributed by atoms with E-state index in [0.717, 1.165) is 25.5 Å². The first-order valence-electron chi connectivity index (χ1n) is 6.85. The van der Waals surface area contributed by atoms with E-state index < -0.39 is 9.84 Å². The van der Waals surface area contributed by atoms with Gasteiger partial charge < -0.3 is 15.7 Å². The van der Waals surface area contributed by atoms with Crippen molar-refractivity contribution in [2.75, 3.05) is 25.1 Å². The molecule has 0 heterocycles. The Bertz CT molecular complexity index is 638. The summed E-state index contributed by atoms with van der Waals surface area (Å²) in [6, 6.07) is 4.27. The van der Waals surface area contributed by atoms with Crippen LogP contribution >= 0.6 is 0 Å². The van der Waals surface area contributed by atoms with Crippen molar-refractivity contribution < 1.29 is 18.3 Å². The number of rotatable bonds is 5. The molecule has 7 heteroatoms. The fourth-order valence-electron chi connectivity index (χ4n) is 2.38. The number of aliphatic hydroxyl groups is 1. The van der Waals surface area contributed by atoms with Crippen molar-refractivity contribution in [2.45, 2.75) is 30.2 Å². The predicted octanol–water partition coefficient (Wildman–Crippen LogP) is 0.659. The minimum absolute atomic E-state index is 0.0309. The number of amides is 1. The van der Waals surface area contributed by atoms with Crippen LogP contribution < -0.4 is 5.73 Å². The molecule has 1 fully saturated rings. The minimum atomic E-state index is -3.43. The molecule has 116 valence electrons. The summed E-state index contributed by atoms with van der Waals surface area (Å²) in [5.41, 5.74) is 6.19. The van der Waals surface area contributed by atoms with Gasteiger partial charge in [-0.05, 0) is 37.5 Å². The quantitative estimate of drug-likeness (QED) is 0.778. The molecule has 0 atom stereocenters. The van der Waals surface area contributed by atoms with Gasteiger partial charge in [-0.15, -0.1) is 0 Å². The van der Waals surface area contributed by atoms with Gasteiger partial charge in [-0.1, -0.05) is 0 Å². The van der Waals surface area contributed by atoms with Crippen molar-refractivity contribution in [1.82, 2.24) is 4.90 Å².